The van der Waals surface area contributed by atoms with E-state index in [2.05, 4.69) is 5.32 Å². The molecule has 0 aliphatic rings. The summed E-state index contributed by atoms with van der Waals surface area (Å²) in [7, 11) is 0. The molecule has 0 aromatic heterocycles. The Balaban J connectivity index is 1.98. The highest BCUT2D eigenvalue weighted by Gasteiger charge is 2.14. The second-order valence-electron chi connectivity index (χ2n) is 6.93. The lowest BCUT2D eigenvalue weighted by Gasteiger charge is -2.21. The van der Waals surface area contributed by atoms with Crippen molar-refractivity contribution in [1.82, 2.24) is 0 Å². The minimum Gasteiger partial charge on any atom is -0.491 e. The molecule has 0 aliphatic heterocycles. The summed E-state index contributed by atoms with van der Waals surface area (Å²) in [5.41, 5.74) is 3.83. The van der Waals surface area contributed by atoms with E-state index in [0.29, 0.717) is 6.54 Å². The minimum absolute atomic E-state index is 0.0915. The number of hydrogen-bond acceptors (Lipinski definition) is 3. The highest BCUT2D eigenvalue weighted by molar-refractivity contribution is 5.94. The van der Waals surface area contributed by atoms with Gasteiger partial charge in [0.15, 0.2) is 0 Å². The number of hydrogen-bond donors (Lipinski definition) is 1. The lowest BCUT2D eigenvalue weighted by Crippen LogP contribution is -2.31. The van der Waals surface area contributed by atoms with E-state index in [1.54, 1.807) is 4.90 Å². The second-order valence-corrected chi connectivity index (χ2v) is 6.93. The number of benzene rings is 2. The third-order valence-electron chi connectivity index (χ3n) is 4.25. The van der Waals surface area contributed by atoms with Crippen molar-refractivity contribution in [2.75, 3.05) is 16.8 Å². The predicted octanol–water partition coefficient (Wildman–Crippen LogP) is 4.47. The van der Waals surface area contributed by atoms with E-state index in [-0.39, 0.29) is 24.3 Å². The van der Waals surface area contributed by atoms with Crippen LogP contribution < -0.4 is 15.0 Å². The summed E-state index contributed by atoms with van der Waals surface area (Å²) >= 11 is 0. The highest BCUT2D eigenvalue weighted by atomic mass is 16.5. The number of nitrogens with zero attached hydrogens (tertiary/aromatic N) is 1. The molecule has 2 amide bonds. The molecule has 0 aliphatic carbocycles. The van der Waals surface area contributed by atoms with Gasteiger partial charge >= 0.3 is 0 Å². The third kappa shape index (κ3) is 6.13. The lowest BCUT2D eigenvalue weighted by molar-refractivity contribution is -0.117. The number of carbonyl (C=O) groups is 2. The van der Waals surface area contributed by atoms with Crippen molar-refractivity contribution in [1.29, 1.82) is 0 Å². The van der Waals surface area contributed by atoms with Crippen LogP contribution in [-0.2, 0) is 9.59 Å². The number of amides is 2. The van der Waals surface area contributed by atoms with Crippen molar-refractivity contribution in [3.63, 3.8) is 0 Å². The van der Waals surface area contributed by atoms with Gasteiger partial charge in [0, 0.05) is 31.3 Å². The molecule has 0 spiro atoms. The molecule has 0 bridgehead atoms. The summed E-state index contributed by atoms with van der Waals surface area (Å²) < 4.78 is 5.62. The van der Waals surface area contributed by atoms with Crippen molar-refractivity contribution in [2.24, 2.45) is 0 Å². The Morgan fingerprint density at radius 2 is 1.70 bits per heavy atom. The number of anilines is 2. The summed E-state index contributed by atoms with van der Waals surface area (Å²) in [6.07, 6.45) is 0.311. The maximum atomic E-state index is 12.3. The first-order chi connectivity index (χ1) is 12.8. The van der Waals surface area contributed by atoms with E-state index in [1.807, 2.05) is 70.2 Å². The third-order valence-corrected chi connectivity index (χ3v) is 4.25. The van der Waals surface area contributed by atoms with Gasteiger partial charge in [-0.25, -0.2) is 0 Å². The molecule has 0 saturated heterocycles. The maximum absolute atomic E-state index is 12.3. The Bertz CT molecular complexity index is 798. The fourth-order valence-corrected chi connectivity index (χ4v) is 2.70. The van der Waals surface area contributed by atoms with Crippen LogP contribution in [0, 0.1) is 13.8 Å². The number of carbonyl (C=O) groups excluding carboxylic acids is 2. The average molecular weight is 368 g/mol. The van der Waals surface area contributed by atoms with Gasteiger partial charge in [0.25, 0.3) is 0 Å². The molecule has 0 saturated carbocycles. The Labute approximate surface area is 161 Å². The number of aryl methyl sites for hydroxylation is 2. The molecule has 2 rings (SSSR count). The Morgan fingerprint density at radius 1 is 1.04 bits per heavy atom. The number of rotatable bonds is 7. The van der Waals surface area contributed by atoms with Crippen LogP contribution in [0.25, 0.3) is 0 Å². The van der Waals surface area contributed by atoms with Gasteiger partial charge in [-0.3, -0.25) is 9.59 Å². The molecule has 0 radical (unpaired) electrons. The summed E-state index contributed by atoms with van der Waals surface area (Å²) in [6.45, 7) is 9.78. The van der Waals surface area contributed by atoms with Crippen LogP contribution in [-0.4, -0.2) is 24.5 Å². The van der Waals surface area contributed by atoms with Crippen LogP contribution in [0.2, 0.25) is 0 Å². The average Bonchev–Trinajstić information content (AvgIpc) is 2.59. The topological polar surface area (TPSA) is 58.6 Å². The molecule has 0 atom stereocenters. The van der Waals surface area contributed by atoms with Crippen LogP contribution in [0.1, 0.15) is 38.3 Å². The summed E-state index contributed by atoms with van der Waals surface area (Å²) in [6, 6.07) is 13.1. The molecule has 5 heteroatoms. The van der Waals surface area contributed by atoms with Gasteiger partial charge in [0.1, 0.15) is 5.75 Å². The van der Waals surface area contributed by atoms with Gasteiger partial charge < -0.3 is 15.0 Å². The van der Waals surface area contributed by atoms with Crippen molar-refractivity contribution < 1.29 is 14.3 Å². The zero-order valence-electron chi connectivity index (χ0n) is 16.7. The standard InChI is InChI=1S/C22H28N2O3/c1-15(2)27-21-10-8-20(9-11-21)24(18(5)25)13-12-22(26)23-19-7-6-16(3)17(4)14-19/h6-11,14-15H,12-13H2,1-5H3,(H,23,26). The minimum atomic E-state index is -0.121. The van der Waals surface area contributed by atoms with E-state index in [4.69, 9.17) is 4.74 Å². The van der Waals surface area contributed by atoms with Crippen molar-refractivity contribution in [3.8, 4) is 5.75 Å². The Morgan fingerprint density at radius 3 is 2.26 bits per heavy atom. The normalized spacial score (nSPS) is 10.6. The molecule has 2 aromatic rings. The fourth-order valence-electron chi connectivity index (χ4n) is 2.70. The fraction of sp³-hybridized carbons (Fsp3) is 0.364. The van der Waals surface area contributed by atoms with Gasteiger partial charge in [-0.1, -0.05) is 6.07 Å². The van der Waals surface area contributed by atoms with Crippen LogP contribution in [0.15, 0.2) is 42.5 Å². The largest absolute Gasteiger partial charge is 0.491 e. The Hall–Kier alpha value is -2.82. The van der Waals surface area contributed by atoms with E-state index in [9.17, 15) is 9.59 Å². The maximum Gasteiger partial charge on any atom is 0.226 e. The second kappa shape index (κ2) is 9.21. The Kier molecular flexibility index (Phi) is 6.99. The zero-order chi connectivity index (χ0) is 20.0. The quantitative estimate of drug-likeness (QED) is 0.784. The van der Waals surface area contributed by atoms with Gasteiger partial charge in [0.05, 0.1) is 6.10 Å². The van der Waals surface area contributed by atoms with E-state index < -0.39 is 0 Å². The van der Waals surface area contributed by atoms with Crippen molar-refractivity contribution >= 4 is 23.2 Å². The van der Waals surface area contributed by atoms with Crippen molar-refractivity contribution in [3.05, 3.63) is 53.6 Å². The summed E-state index contributed by atoms with van der Waals surface area (Å²) in [5, 5.41) is 2.89. The SMILES string of the molecule is CC(=O)N(CCC(=O)Nc1ccc(C)c(C)c1)c1ccc(OC(C)C)cc1. The van der Waals surface area contributed by atoms with Gasteiger partial charge in [0.2, 0.25) is 11.8 Å². The molecule has 0 heterocycles. The first-order valence-electron chi connectivity index (χ1n) is 9.18. The predicted molar refractivity (Wildman–Crippen MR) is 109 cm³/mol. The molecule has 0 unspecified atom stereocenters. The van der Waals surface area contributed by atoms with Crippen LogP contribution >= 0.6 is 0 Å². The number of ether oxygens (including phenoxy) is 1. The molecular formula is C22H28N2O3. The van der Waals surface area contributed by atoms with Crippen LogP contribution in [0.4, 0.5) is 11.4 Å². The number of nitrogens with one attached hydrogen (secondary N) is 1. The molecular weight excluding hydrogens is 340 g/mol. The smallest absolute Gasteiger partial charge is 0.226 e. The lowest BCUT2D eigenvalue weighted by atomic mass is 10.1. The highest BCUT2D eigenvalue weighted by Crippen LogP contribution is 2.21. The van der Waals surface area contributed by atoms with E-state index >= 15 is 0 Å². The molecule has 5 nitrogen and oxygen atoms in total. The van der Waals surface area contributed by atoms with Gasteiger partial charge in [-0.05, 0) is 75.2 Å². The van der Waals surface area contributed by atoms with Crippen LogP contribution in [0.3, 0.4) is 0 Å². The van der Waals surface area contributed by atoms with E-state index in [0.717, 1.165) is 22.7 Å². The molecule has 27 heavy (non-hydrogen) atoms. The summed E-state index contributed by atoms with van der Waals surface area (Å²) in [5.74, 6) is 0.528. The first-order valence-corrected chi connectivity index (χ1v) is 9.18. The van der Waals surface area contributed by atoms with Crippen LogP contribution in [0.5, 0.6) is 5.75 Å². The van der Waals surface area contributed by atoms with Gasteiger partial charge in [-0.2, -0.15) is 0 Å². The molecule has 144 valence electrons. The monoisotopic (exact) mass is 368 g/mol. The van der Waals surface area contributed by atoms with E-state index in [1.165, 1.54) is 12.5 Å². The summed E-state index contributed by atoms with van der Waals surface area (Å²) in [4.78, 5) is 25.9. The molecule has 0 fully saturated rings. The van der Waals surface area contributed by atoms with Crippen molar-refractivity contribution in [2.45, 2.75) is 47.1 Å². The molecule has 2 aromatic carbocycles. The molecule has 1 N–H and O–H groups in total. The van der Waals surface area contributed by atoms with Gasteiger partial charge in [-0.15, -0.1) is 0 Å². The zero-order valence-corrected chi connectivity index (χ0v) is 16.7. The first kappa shape index (κ1) is 20.5.